The maximum atomic E-state index is 10.6. The van der Waals surface area contributed by atoms with Crippen LogP contribution >= 0.6 is 27.7 Å². The topological polar surface area (TPSA) is 150 Å². The number of nitrogens with one attached hydrogen (secondary N) is 2. The Morgan fingerprint density at radius 1 is 1.08 bits per heavy atom. The number of aliphatic imine (C=N–C) groups is 1. The van der Waals surface area contributed by atoms with Crippen LogP contribution in [0.15, 0.2) is 46.0 Å². The Morgan fingerprint density at radius 3 is 2.18 bits per heavy atom. The van der Waals surface area contributed by atoms with Gasteiger partial charge in [-0.2, -0.15) is 26.3 Å². The summed E-state index contributed by atoms with van der Waals surface area (Å²) in [7, 11) is 0. The lowest BCUT2D eigenvalue weighted by atomic mass is 10.2. The van der Waals surface area contributed by atoms with E-state index in [2.05, 4.69) is 41.2 Å². The van der Waals surface area contributed by atoms with Crippen molar-refractivity contribution in [3.05, 3.63) is 41.0 Å². The molecule has 4 rings (SSSR count). The van der Waals surface area contributed by atoms with Gasteiger partial charge in [-0.3, -0.25) is 4.99 Å². The Balaban J connectivity index is 0.000000317. The van der Waals surface area contributed by atoms with E-state index in [0.717, 1.165) is 51.1 Å². The Kier molecular flexibility index (Phi) is 11.4. The van der Waals surface area contributed by atoms with Crippen LogP contribution in [0.5, 0.6) is 5.75 Å². The van der Waals surface area contributed by atoms with Crippen LogP contribution in [0.4, 0.5) is 26.3 Å². The quantitative estimate of drug-likeness (QED) is 0.228. The van der Waals surface area contributed by atoms with E-state index in [1.54, 1.807) is 18.0 Å². The number of ether oxygens (including phenoxy) is 1. The third-order valence-corrected chi connectivity index (χ3v) is 5.52. The van der Waals surface area contributed by atoms with Crippen molar-refractivity contribution in [3.8, 4) is 17.1 Å². The number of nitrogens with zero attached hydrogens (tertiary/aromatic N) is 3. The summed E-state index contributed by atoms with van der Waals surface area (Å²) in [4.78, 5) is 34.2. The molecular weight excluding hydrogens is 628 g/mol. The molecule has 0 aliphatic carbocycles. The number of aromatic amines is 1. The lowest BCUT2D eigenvalue weighted by Gasteiger charge is -2.08. The van der Waals surface area contributed by atoms with Crippen LogP contribution in [-0.2, 0) is 9.59 Å². The van der Waals surface area contributed by atoms with Crippen LogP contribution in [0.25, 0.3) is 22.6 Å². The average molecular weight is 646 g/mol. The summed E-state index contributed by atoms with van der Waals surface area (Å²) in [5.74, 6) is -2.81. The van der Waals surface area contributed by atoms with Gasteiger partial charge < -0.3 is 25.3 Å². The molecular formula is C21H18BrF6N5O5S. The van der Waals surface area contributed by atoms with Gasteiger partial charge in [0.1, 0.15) is 18.2 Å². The van der Waals surface area contributed by atoms with Crippen molar-refractivity contribution in [1.29, 1.82) is 0 Å². The maximum Gasteiger partial charge on any atom is 0.490 e. The summed E-state index contributed by atoms with van der Waals surface area (Å²) in [5.41, 5.74) is 2.61. The Hall–Kier alpha value is -3.54. The van der Waals surface area contributed by atoms with Gasteiger partial charge in [0.2, 0.25) is 0 Å². The first-order valence-electron chi connectivity index (χ1n) is 10.4. The summed E-state index contributed by atoms with van der Waals surface area (Å²) < 4.78 is 70.2. The molecule has 0 saturated carbocycles. The molecule has 18 heteroatoms. The third-order valence-electron chi connectivity index (χ3n) is 4.15. The molecule has 0 spiro atoms. The standard InChI is InChI=1S/C17H16BrN5OS.2C2HF3O2/c18-12-9-14-16(21-10-12)23-15(22-14)11-1-3-13(4-2-11)24-7-5-19-17-20-6-8-25-17;2*3-2(4,5)1(6)7/h1-4,9-10H,5-8H2,(H,19,20)(H,21,22,23);2*(H,6,7). The minimum absolute atomic E-state index is 0.599. The molecule has 4 N–H and O–H groups in total. The molecule has 3 aromatic rings. The van der Waals surface area contributed by atoms with Gasteiger partial charge in [0.25, 0.3) is 0 Å². The minimum atomic E-state index is -5.08. The molecule has 1 aliphatic rings. The van der Waals surface area contributed by atoms with E-state index < -0.39 is 24.3 Å². The van der Waals surface area contributed by atoms with Gasteiger partial charge in [-0.15, -0.1) is 0 Å². The summed E-state index contributed by atoms with van der Waals surface area (Å²) in [5, 5.41) is 18.5. The number of aromatic nitrogens is 3. The van der Waals surface area contributed by atoms with E-state index in [-0.39, 0.29) is 0 Å². The SMILES string of the molecule is Brc1cnc2nc(-c3ccc(OCCNC4=NCCS4)cc3)[nH]c2c1.O=C(O)C(F)(F)F.O=C(O)C(F)(F)F. The van der Waals surface area contributed by atoms with Gasteiger partial charge >= 0.3 is 24.3 Å². The Bertz CT molecular complexity index is 1280. The van der Waals surface area contributed by atoms with Crippen molar-refractivity contribution in [2.45, 2.75) is 12.4 Å². The van der Waals surface area contributed by atoms with Gasteiger partial charge in [0, 0.05) is 22.0 Å². The highest BCUT2D eigenvalue weighted by Crippen LogP contribution is 2.23. The molecule has 0 bridgehead atoms. The molecule has 2 aromatic heterocycles. The number of amidine groups is 1. The van der Waals surface area contributed by atoms with Crippen molar-refractivity contribution in [2.75, 3.05) is 25.4 Å². The summed E-state index contributed by atoms with van der Waals surface area (Å²) in [6, 6.07) is 9.86. The number of fused-ring (bicyclic) bond motifs is 1. The van der Waals surface area contributed by atoms with Gasteiger partial charge in [0.15, 0.2) is 10.8 Å². The van der Waals surface area contributed by atoms with Crippen molar-refractivity contribution in [2.24, 2.45) is 4.99 Å². The molecule has 0 fully saturated rings. The van der Waals surface area contributed by atoms with E-state index >= 15 is 0 Å². The molecule has 0 saturated heterocycles. The highest BCUT2D eigenvalue weighted by Gasteiger charge is 2.38. The van der Waals surface area contributed by atoms with Crippen LogP contribution in [0.2, 0.25) is 0 Å². The fraction of sp³-hybridized carbons (Fsp3) is 0.286. The number of carboxylic acid groups (broad SMARTS) is 2. The summed E-state index contributed by atoms with van der Waals surface area (Å²) >= 11 is 5.17. The van der Waals surface area contributed by atoms with Crippen molar-refractivity contribution < 1.29 is 50.9 Å². The number of imidazole rings is 1. The Morgan fingerprint density at radius 2 is 1.67 bits per heavy atom. The van der Waals surface area contributed by atoms with E-state index in [1.807, 2.05) is 30.3 Å². The van der Waals surface area contributed by atoms with Crippen molar-refractivity contribution >= 4 is 56.0 Å². The second kappa shape index (κ2) is 14.0. The zero-order valence-electron chi connectivity index (χ0n) is 19.3. The number of halogens is 7. The zero-order valence-corrected chi connectivity index (χ0v) is 21.7. The van der Waals surface area contributed by atoms with Gasteiger partial charge in [-0.25, -0.2) is 19.6 Å². The van der Waals surface area contributed by atoms with Crippen LogP contribution < -0.4 is 10.1 Å². The van der Waals surface area contributed by atoms with Crippen LogP contribution in [0.3, 0.4) is 0 Å². The molecule has 0 amide bonds. The van der Waals surface area contributed by atoms with E-state index in [4.69, 9.17) is 24.5 Å². The first-order chi connectivity index (χ1) is 18.2. The third kappa shape index (κ3) is 11.0. The van der Waals surface area contributed by atoms with Crippen LogP contribution in [0.1, 0.15) is 0 Å². The number of rotatable bonds is 5. The number of carbonyl (C=O) groups is 2. The predicted octanol–water partition coefficient (Wildman–Crippen LogP) is 4.73. The number of pyridine rings is 1. The van der Waals surface area contributed by atoms with Crippen LogP contribution in [0, 0.1) is 0 Å². The molecule has 3 heterocycles. The molecule has 0 atom stereocenters. The number of alkyl halides is 6. The zero-order chi connectivity index (χ0) is 29.2. The molecule has 0 unspecified atom stereocenters. The first kappa shape index (κ1) is 31.7. The molecule has 1 aliphatic heterocycles. The van der Waals surface area contributed by atoms with Gasteiger partial charge in [0.05, 0.1) is 18.6 Å². The highest BCUT2D eigenvalue weighted by atomic mass is 79.9. The Labute approximate surface area is 228 Å². The smallest absolute Gasteiger partial charge is 0.490 e. The number of hydrogen-bond acceptors (Lipinski definition) is 8. The lowest BCUT2D eigenvalue weighted by Crippen LogP contribution is -2.24. The second-order valence-electron chi connectivity index (χ2n) is 7.05. The van der Waals surface area contributed by atoms with Gasteiger partial charge in [-0.05, 0) is 46.3 Å². The number of carboxylic acids is 2. The molecule has 10 nitrogen and oxygen atoms in total. The monoisotopic (exact) mass is 645 g/mol. The van der Waals surface area contributed by atoms with Crippen molar-refractivity contribution in [1.82, 2.24) is 20.3 Å². The first-order valence-corrected chi connectivity index (χ1v) is 12.2. The molecule has 39 heavy (non-hydrogen) atoms. The molecule has 0 radical (unpaired) electrons. The van der Waals surface area contributed by atoms with Crippen LogP contribution in [-0.4, -0.2) is 80.1 Å². The largest absolute Gasteiger partial charge is 0.492 e. The number of benzene rings is 1. The average Bonchev–Trinajstić information content (AvgIpc) is 3.51. The number of hydrogen-bond donors (Lipinski definition) is 4. The normalized spacial score (nSPS) is 12.9. The lowest BCUT2D eigenvalue weighted by molar-refractivity contribution is -0.193. The fourth-order valence-electron chi connectivity index (χ4n) is 2.49. The van der Waals surface area contributed by atoms with E-state index in [9.17, 15) is 26.3 Å². The second-order valence-corrected chi connectivity index (χ2v) is 9.05. The number of H-pyrrole nitrogens is 1. The van der Waals surface area contributed by atoms with Gasteiger partial charge in [-0.1, -0.05) is 11.8 Å². The van der Waals surface area contributed by atoms with E-state index in [0.29, 0.717) is 12.3 Å². The number of thioether (sulfide) groups is 1. The predicted molar refractivity (Wildman–Crippen MR) is 133 cm³/mol. The number of aliphatic carboxylic acids is 2. The maximum absolute atomic E-state index is 10.6. The fourth-order valence-corrected chi connectivity index (χ4v) is 3.58. The van der Waals surface area contributed by atoms with E-state index in [1.165, 1.54) is 0 Å². The minimum Gasteiger partial charge on any atom is -0.492 e. The summed E-state index contributed by atoms with van der Waals surface area (Å²) in [6.07, 6.45) is -8.42. The summed E-state index contributed by atoms with van der Waals surface area (Å²) in [6.45, 7) is 2.25. The van der Waals surface area contributed by atoms with Crippen molar-refractivity contribution in [3.63, 3.8) is 0 Å². The highest BCUT2D eigenvalue weighted by molar-refractivity contribution is 9.10. The molecule has 1 aromatic carbocycles. The molecule has 212 valence electrons.